The number of H-pyrrole nitrogens is 1. The lowest BCUT2D eigenvalue weighted by Crippen LogP contribution is -2.36. The average molecular weight is 320 g/mol. The maximum absolute atomic E-state index is 13.4. The topological polar surface area (TPSA) is 65.1 Å². The molecular formula is C18H25FN2O2. The average Bonchev–Trinajstić information content (AvgIpc) is 2.82. The lowest BCUT2D eigenvalue weighted by Gasteiger charge is -2.20. The number of amides is 1. The van der Waals surface area contributed by atoms with Gasteiger partial charge >= 0.3 is 0 Å². The van der Waals surface area contributed by atoms with Gasteiger partial charge in [-0.15, -0.1) is 0 Å². The third kappa shape index (κ3) is 4.10. The van der Waals surface area contributed by atoms with Crippen molar-refractivity contribution in [3.05, 3.63) is 35.3 Å². The van der Waals surface area contributed by atoms with Crippen molar-refractivity contribution >= 4 is 16.8 Å². The largest absolute Gasteiger partial charge is 0.391 e. The first-order chi connectivity index (χ1) is 11.0. The number of aryl methyl sites for hydroxylation is 1. The summed E-state index contributed by atoms with van der Waals surface area (Å²) in [4.78, 5) is 15.3. The van der Waals surface area contributed by atoms with Crippen LogP contribution in [0.15, 0.2) is 18.2 Å². The molecule has 1 amide bonds. The van der Waals surface area contributed by atoms with E-state index in [0.717, 1.165) is 35.0 Å². The van der Waals surface area contributed by atoms with Crippen molar-refractivity contribution < 1.29 is 14.3 Å². The number of nitrogens with one attached hydrogen (secondary N) is 2. The van der Waals surface area contributed by atoms with Gasteiger partial charge in [0.25, 0.3) is 0 Å². The Hall–Kier alpha value is -1.88. The normalized spacial score (nSPS) is 12.8. The SMILES string of the molecule is CCC(CC)C(O)CNC(=O)Cc1c(C)[nH]c2ccc(F)cc12. The highest BCUT2D eigenvalue weighted by atomic mass is 19.1. The fraction of sp³-hybridized carbons (Fsp3) is 0.500. The van der Waals surface area contributed by atoms with E-state index in [4.69, 9.17) is 0 Å². The molecule has 0 spiro atoms. The van der Waals surface area contributed by atoms with Crippen molar-refractivity contribution in [1.29, 1.82) is 0 Å². The minimum Gasteiger partial charge on any atom is -0.391 e. The molecule has 0 aliphatic heterocycles. The monoisotopic (exact) mass is 320 g/mol. The van der Waals surface area contributed by atoms with Gasteiger partial charge in [-0.05, 0) is 36.6 Å². The highest BCUT2D eigenvalue weighted by Crippen LogP contribution is 2.23. The van der Waals surface area contributed by atoms with E-state index in [-0.39, 0.29) is 30.6 Å². The number of aliphatic hydroxyl groups is 1. The zero-order chi connectivity index (χ0) is 17.0. The number of benzene rings is 1. The van der Waals surface area contributed by atoms with Crippen molar-refractivity contribution in [3.8, 4) is 0 Å². The second kappa shape index (κ2) is 7.59. The van der Waals surface area contributed by atoms with Gasteiger partial charge in [-0.2, -0.15) is 0 Å². The molecule has 1 aromatic heterocycles. The number of halogens is 1. The zero-order valence-corrected chi connectivity index (χ0v) is 13.9. The second-order valence-electron chi connectivity index (χ2n) is 6.04. The Bertz CT molecular complexity index is 677. The molecule has 0 bridgehead atoms. The van der Waals surface area contributed by atoms with Crippen molar-refractivity contribution in [3.63, 3.8) is 0 Å². The molecule has 0 aliphatic rings. The van der Waals surface area contributed by atoms with Gasteiger partial charge in [0, 0.05) is 23.1 Å². The van der Waals surface area contributed by atoms with Crippen LogP contribution in [0.2, 0.25) is 0 Å². The number of aromatic amines is 1. The third-order valence-electron chi connectivity index (χ3n) is 4.52. The van der Waals surface area contributed by atoms with Gasteiger partial charge in [0.2, 0.25) is 5.91 Å². The summed E-state index contributed by atoms with van der Waals surface area (Å²) in [6.07, 6.45) is 1.41. The second-order valence-corrected chi connectivity index (χ2v) is 6.04. The molecule has 1 heterocycles. The van der Waals surface area contributed by atoms with E-state index in [9.17, 15) is 14.3 Å². The minimum atomic E-state index is -0.532. The molecule has 1 aromatic carbocycles. The summed E-state index contributed by atoms with van der Waals surface area (Å²) in [6, 6.07) is 4.52. The molecule has 0 saturated carbocycles. The van der Waals surface area contributed by atoms with Crippen molar-refractivity contribution in [2.24, 2.45) is 5.92 Å². The Morgan fingerprint density at radius 1 is 1.35 bits per heavy atom. The number of carbonyl (C=O) groups is 1. The quantitative estimate of drug-likeness (QED) is 0.734. The number of fused-ring (bicyclic) bond motifs is 1. The molecule has 1 unspecified atom stereocenters. The van der Waals surface area contributed by atoms with Gasteiger partial charge < -0.3 is 15.4 Å². The van der Waals surface area contributed by atoms with E-state index in [0.29, 0.717) is 0 Å². The van der Waals surface area contributed by atoms with E-state index in [1.165, 1.54) is 12.1 Å². The minimum absolute atomic E-state index is 0.164. The molecule has 0 radical (unpaired) electrons. The van der Waals surface area contributed by atoms with Crippen LogP contribution in [0.3, 0.4) is 0 Å². The van der Waals surface area contributed by atoms with Crippen LogP contribution in [0.25, 0.3) is 10.9 Å². The van der Waals surface area contributed by atoms with E-state index in [1.807, 2.05) is 20.8 Å². The summed E-state index contributed by atoms with van der Waals surface area (Å²) in [5, 5.41) is 13.6. The molecule has 0 fully saturated rings. The lowest BCUT2D eigenvalue weighted by atomic mass is 9.96. The molecule has 0 aliphatic carbocycles. The van der Waals surface area contributed by atoms with Crippen molar-refractivity contribution in [2.45, 2.75) is 46.1 Å². The molecule has 1 atom stereocenters. The summed E-state index contributed by atoms with van der Waals surface area (Å²) in [5.41, 5.74) is 2.49. The number of hydrogen-bond donors (Lipinski definition) is 3. The zero-order valence-electron chi connectivity index (χ0n) is 13.9. The number of aromatic nitrogens is 1. The van der Waals surface area contributed by atoms with Crippen LogP contribution in [0.1, 0.15) is 37.9 Å². The van der Waals surface area contributed by atoms with Gasteiger partial charge in [0.1, 0.15) is 5.82 Å². The molecule has 3 N–H and O–H groups in total. The Morgan fingerprint density at radius 2 is 2.04 bits per heavy atom. The highest BCUT2D eigenvalue weighted by Gasteiger charge is 2.17. The predicted molar refractivity (Wildman–Crippen MR) is 89.8 cm³/mol. The third-order valence-corrected chi connectivity index (χ3v) is 4.52. The Labute approximate surface area is 136 Å². The first-order valence-corrected chi connectivity index (χ1v) is 8.17. The van der Waals surface area contributed by atoms with Gasteiger partial charge in [0.05, 0.1) is 12.5 Å². The first-order valence-electron chi connectivity index (χ1n) is 8.17. The Morgan fingerprint density at radius 3 is 2.70 bits per heavy atom. The molecule has 23 heavy (non-hydrogen) atoms. The summed E-state index contributed by atoms with van der Waals surface area (Å²) in [5.74, 6) is -0.287. The van der Waals surface area contributed by atoms with E-state index < -0.39 is 6.10 Å². The molecule has 126 valence electrons. The van der Waals surface area contributed by atoms with Crippen LogP contribution in [0.5, 0.6) is 0 Å². The van der Waals surface area contributed by atoms with Crippen LogP contribution in [0.4, 0.5) is 4.39 Å². The summed E-state index contributed by atoms with van der Waals surface area (Å²) in [7, 11) is 0. The standard InChI is InChI=1S/C18H25FN2O2/c1-4-12(5-2)17(22)10-20-18(23)9-14-11(3)21-16-7-6-13(19)8-15(14)16/h6-8,12,17,21-22H,4-5,9-10H2,1-3H3,(H,20,23). The van der Waals surface area contributed by atoms with Gasteiger partial charge in [-0.25, -0.2) is 4.39 Å². The number of rotatable bonds is 7. The fourth-order valence-corrected chi connectivity index (χ4v) is 3.02. The number of aliphatic hydroxyl groups excluding tert-OH is 1. The van der Waals surface area contributed by atoms with Gasteiger partial charge in [-0.3, -0.25) is 4.79 Å². The summed E-state index contributed by atoms with van der Waals surface area (Å²) >= 11 is 0. The number of hydrogen-bond acceptors (Lipinski definition) is 2. The van der Waals surface area contributed by atoms with Crippen LogP contribution in [-0.2, 0) is 11.2 Å². The van der Waals surface area contributed by atoms with Crippen LogP contribution >= 0.6 is 0 Å². The lowest BCUT2D eigenvalue weighted by molar-refractivity contribution is -0.121. The molecule has 2 aromatic rings. The van der Waals surface area contributed by atoms with Crippen LogP contribution in [-0.4, -0.2) is 28.6 Å². The highest BCUT2D eigenvalue weighted by molar-refractivity contribution is 5.90. The molecule has 5 heteroatoms. The Kier molecular flexibility index (Phi) is 5.77. The summed E-state index contributed by atoms with van der Waals surface area (Å²) in [6.45, 7) is 6.19. The van der Waals surface area contributed by atoms with Crippen molar-refractivity contribution in [1.82, 2.24) is 10.3 Å². The molecule has 0 saturated heterocycles. The molecule has 2 rings (SSSR count). The van der Waals surface area contributed by atoms with E-state index in [2.05, 4.69) is 10.3 Å². The maximum Gasteiger partial charge on any atom is 0.224 e. The van der Waals surface area contributed by atoms with Gasteiger partial charge in [0.15, 0.2) is 0 Å². The predicted octanol–water partition coefficient (Wildman–Crippen LogP) is 3.07. The smallest absolute Gasteiger partial charge is 0.224 e. The summed E-state index contributed by atoms with van der Waals surface area (Å²) < 4.78 is 13.4. The maximum atomic E-state index is 13.4. The van der Waals surface area contributed by atoms with Crippen LogP contribution in [0, 0.1) is 18.7 Å². The van der Waals surface area contributed by atoms with Crippen molar-refractivity contribution in [2.75, 3.05) is 6.54 Å². The van der Waals surface area contributed by atoms with Crippen LogP contribution < -0.4 is 5.32 Å². The molecule has 4 nitrogen and oxygen atoms in total. The van der Waals surface area contributed by atoms with E-state index in [1.54, 1.807) is 6.07 Å². The number of carbonyl (C=O) groups excluding carboxylic acids is 1. The first kappa shape index (κ1) is 17.5. The fourth-order valence-electron chi connectivity index (χ4n) is 3.02. The Balaban J connectivity index is 2.03. The van der Waals surface area contributed by atoms with E-state index >= 15 is 0 Å². The molecular weight excluding hydrogens is 295 g/mol. The van der Waals surface area contributed by atoms with Gasteiger partial charge in [-0.1, -0.05) is 26.7 Å².